The van der Waals surface area contributed by atoms with Crippen LogP contribution in [0.3, 0.4) is 0 Å². The first-order chi connectivity index (χ1) is 9.94. The molecule has 1 aromatic carbocycles. The lowest BCUT2D eigenvalue weighted by molar-refractivity contribution is 0.0696. The van der Waals surface area contributed by atoms with Crippen LogP contribution in [0.4, 0.5) is 0 Å². The van der Waals surface area contributed by atoms with Crippen molar-refractivity contribution in [1.29, 1.82) is 0 Å². The summed E-state index contributed by atoms with van der Waals surface area (Å²) in [7, 11) is -2.23. The summed E-state index contributed by atoms with van der Waals surface area (Å²) in [6, 6.07) is 9.01. The predicted octanol–water partition coefficient (Wildman–Crippen LogP) is 1.76. The third kappa shape index (κ3) is 3.38. The summed E-state index contributed by atoms with van der Waals surface area (Å²) in [5.74, 6) is -1.17. The van der Waals surface area contributed by atoms with Crippen LogP contribution < -0.4 is 4.74 Å². The molecule has 0 fully saturated rings. The fourth-order valence-electron chi connectivity index (χ4n) is 1.78. The molecule has 110 valence electrons. The molecule has 0 aliphatic heterocycles. The molecule has 0 unspecified atom stereocenters. The fourth-order valence-corrected chi connectivity index (χ4v) is 3.24. The monoisotopic (exact) mass is 307 g/mol. The van der Waals surface area contributed by atoms with Gasteiger partial charge in [-0.15, -0.1) is 0 Å². The molecule has 0 spiro atoms. The van der Waals surface area contributed by atoms with E-state index in [0.29, 0.717) is 0 Å². The molecule has 7 heteroatoms. The van der Waals surface area contributed by atoms with Gasteiger partial charge in [0.15, 0.2) is 9.84 Å². The van der Waals surface area contributed by atoms with Crippen LogP contribution in [0, 0.1) is 0 Å². The summed E-state index contributed by atoms with van der Waals surface area (Å²) in [6.07, 6.45) is 1.13. The van der Waals surface area contributed by atoms with Gasteiger partial charge in [0.05, 0.1) is 24.1 Å². The molecule has 0 atom stereocenters. The van der Waals surface area contributed by atoms with Crippen molar-refractivity contribution in [2.75, 3.05) is 7.11 Å². The van der Waals surface area contributed by atoms with Gasteiger partial charge < -0.3 is 9.84 Å². The van der Waals surface area contributed by atoms with Gasteiger partial charge in [0.25, 0.3) is 0 Å². The molecule has 6 nitrogen and oxygen atoms in total. The van der Waals surface area contributed by atoms with Gasteiger partial charge in [-0.1, -0.05) is 12.1 Å². The van der Waals surface area contributed by atoms with Gasteiger partial charge >= 0.3 is 5.97 Å². The van der Waals surface area contributed by atoms with Crippen molar-refractivity contribution in [1.82, 2.24) is 4.98 Å². The number of aromatic nitrogens is 1. The summed E-state index contributed by atoms with van der Waals surface area (Å²) in [4.78, 5) is 14.7. The molecule has 0 bridgehead atoms. The van der Waals surface area contributed by atoms with Crippen molar-refractivity contribution >= 4 is 15.8 Å². The number of carboxylic acid groups (broad SMARTS) is 1. The van der Waals surface area contributed by atoms with Gasteiger partial charge in [-0.05, 0) is 24.3 Å². The number of nitrogens with zero attached hydrogens (tertiary/aromatic N) is 1. The Balaban J connectivity index is 2.31. The summed E-state index contributed by atoms with van der Waals surface area (Å²) >= 11 is 0. The van der Waals surface area contributed by atoms with Crippen molar-refractivity contribution in [3.63, 3.8) is 0 Å². The van der Waals surface area contributed by atoms with Crippen LogP contribution in [0.1, 0.15) is 16.1 Å². The largest absolute Gasteiger partial charge is 0.495 e. The van der Waals surface area contributed by atoms with Gasteiger partial charge in [-0.3, -0.25) is 4.98 Å². The standard InChI is InChI=1S/C14H13NO5S/c1-20-12-4-2-3-5-13(12)21(18,19)9-11-7-6-10(8-15-11)14(16)17/h2-8H,9H2,1H3,(H,16,17). The number of carboxylic acids is 1. The second-order valence-electron chi connectivity index (χ2n) is 4.25. The number of para-hydroxylation sites is 1. The maximum atomic E-state index is 12.4. The Labute approximate surface area is 121 Å². The highest BCUT2D eigenvalue weighted by molar-refractivity contribution is 7.90. The second kappa shape index (κ2) is 5.92. The van der Waals surface area contributed by atoms with E-state index in [0.717, 1.165) is 6.20 Å². The average Bonchev–Trinajstić information content (AvgIpc) is 2.47. The van der Waals surface area contributed by atoms with Crippen molar-refractivity contribution in [2.24, 2.45) is 0 Å². The van der Waals surface area contributed by atoms with Gasteiger partial charge in [-0.25, -0.2) is 13.2 Å². The number of methoxy groups -OCH3 is 1. The number of hydrogen-bond acceptors (Lipinski definition) is 5. The molecule has 0 radical (unpaired) electrons. The van der Waals surface area contributed by atoms with Crippen molar-refractivity contribution in [3.8, 4) is 5.75 Å². The summed E-state index contributed by atoms with van der Waals surface area (Å²) in [5.41, 5.74) is 0.277. The molecule has 0 amide bonds. The number of carbonyl (C=O) groups is 1. The summed E-state index contributed by atoms with van der Waals surface area (Å²) in [5, 5.41) is 8.78. The Morgan fingerprint density at radius 3 is 2.52 bits per heavy atom. The van der Waals surface area contributed by atoms with Crippen molar-refractivity contribution < 1.29 is 23.1 Å². The minimum atomic E-state index is -3.62. The summed E-state index contributed by atoms with van der Waals surface area (Å²) < 4.78 is 29.8. The quantitative estimate of drug-likeness (QED) is 0.904. The van der Waals surface area contributed by atoms with Gasteiger partial charge in [-0.2, -0.15) is 0 Å². The first kappa shape index (κ1) is 15.0. The van der Waals surface area contributed by atoms with E-state index in [1.165, 1.54) is 25.3 Å². The number of ether oxygens (including phenoxy) is 1. The maximum Gasteiger partial charge on any atom is 0.337 e. The Morgan fingerprint density at radius 1 is 1.24 bits per heavy atom. The van der Waals surface area contributed by atoms with Gasteiger partial charge in [0.2, 0.25) is 0 Å². The molecule has 2 rings (SSSR count). The predicted molar refractivity (Wildman–Crippen MR) is 75.1 cm³/mol. The molecule has 0 aliphatic carbocycles. The highest BCUT2D eigenvalue weighted by atomic mass is 32.2. The Morgan fingerprint density at radius 2 is 1.95 bits per heavy atom. The van der Waals surface area contributed by atoms with E-state index in [9.17, 15) is 13.2 Å². The SMILES string of the molecule is COc1ccccc1S(=O)(=O)Cc1ccc(C(=O)O)cn1. The highest BCUT2D eigenvalue weighted by Crippen LogP contribution is 2.25. The van der Waals surface area contributed by atoms with E-state index < -0.39 is 15.8 Å². The van der Waals surface area contributed by atoms with E-state index >= 15 is 0 Å². The second-order valence-corrected chi connectivity index (χ2v) is 6.21. The number of sulfone groups is 1. The van der Waals surface area contributed by atoms with E-state index in [4.69, 9.17) is 9.84 Å². The number of rotatable bonds is 5. The minimum absolute atomic E-state index is 0.00781. The van der Waals surface area contributed by atoms with Gasteiger partial charge in [0, 0.05) is 6.20 Å². The first-order valence-electron chi connectivity index (χ1n) is 5.98. The Kier molecular flexibility index (Phi) is 4.23. The lowest BCUT2D eigenvalue weighted by Crippen LogP contribution is -2.08. The van der Waals surface area contributed by atoms with Crippen LogP contribution in [0.5, 0.6) is 5.75 Å². The number of benzene rings is 1. The molecular formula is C14H13NO5S. The molecule has 0 saturated carbocycles. The van der Waals surface area contributed by atoms with Gasteiger partial charge in [0.1, 0.15) is 10.6 Å². The van der Waals surface area contributed by atoms with Crippen molar-refractivity contribution in [3.05, 3.63) is 53.9 Å². The van der Waals surface area contributed by atoms with Crippen LogP contribution in [-0.2, 0) is 15.6 Å². The number of hydrogen-bond donors (Lipinski definition) is 1. The zero-order chi connectivity index (χ0) is 15.5. The highest BCUT2D eigenvalue weighted by Gasteiger charge is 2.20. The third-order valence-electron chi connectivity index (χ3n) is 2.81. The van der Waals surface area contributed by atoms with Crippen LogP contribution in [0.2, 0.25) is 0 Å². The average molecular weight is 307 g/mol. The van der Waals surface area contributed by atoms with Crippen LogP contribution in [-0.4, -0.2) is 31.6 Å². The van der Waals surface area contributed by atoms with E-state index in [-0.39, 0.29) is 27.7 Å². The molecule has 2 aromatic rings. The fraction of sp³-hybridized carbons (Fsp3) is 0.143. The maximum absolute atomic E-state index is 12.4. The van der Waals surface area contributed by atoms with E-state index in [2.05, 4.69) is 4.98 Å². The summed E-state index contributed by atoms with van der Waals surface area (Å²) in [6.45, 7) is 0. The van der Waals surface area contributed by atoms with E-state index in [1.807, 2.05) is 0 Å². The first-order valence-corrected chi connectivity index (χ1v) is 7.63. The van der Waals surface area contributed by atoms with Crippen LogP contribution in [0.15, 0.2) is 47.5 Å². The van der Waals surface area contributed by atoms with E-state index in [1.54, 1.807) is 18.2 Å². The van der Waals surface area contributed by atoms with Crippen LogP contribution in [0.25, 0.3) is 0 Å². The van der Waals surface area contributed by atoms with Crippen LogP contribution >= 0.6 is 0 Å². The van der Waals surface area contributed by atoms with Crippen molar-refractivity contribution in [2.45, 2.75) is 10.6 Å². The zero-order valence-corrected chi connectivity index (χ0v) is 12.0. The Hall–Kier alpha value is -2.41. The third-order valence-corrected chi connectivity index (χ3v) is 4.50. The molecule has 0 saturated heterocycles. The molecule has 1 heterocycles. The molecule has 1 aromatic heterocycles. The molecule has 1 N–H and O–H groups in total. The molecular weight excluding hydrogens is 294 g/mol. The number of pyridine rings is 1. The number of aromatic carboxylic acids is 1. The molecule has 0 aliphatic rings. The normalized spacial score (nSPS) is 11.1. The zero-order valence-electron chi connectivity index (χ0n) is 11.2. The lowest BCUT2D eigenvalue weighted by atomic mass is 10.2. The smallest absolute Gasteiger partial charge is 0.337 e. The topological polar surface area (TPSA) is 93.6 Å². The lowest BCUT2D eigenvalue weighted by Gasteiger charge is -2.09. The molecule has 21 heavy (non-hydrogen) atoms. The Bertz CT molecular complexity index is 753. The minimum Gasteiger partial charge on any atom is -0.495 e.